The van der Waals surface area contributed by atoms with Crippen LogP contribution in [0, 0.1) is 0 Å². The van der Waals surface area contributed by atoms with E-state index in [0.717, 1.165) is 29.7 Å². The van der Waals surface area contributed by atoms with Gasteiger partial charge in [0, 0.05) is 25.9 Å². The zero-order valence-electron chi connectivity index (χ0n) is 14.1. The highest BCUT2D eigenvalue weighted by molar-refractivity contribution is 7.99. The van der Waals surface area contributed by atoms with Gasteiger partial charge in [-0.3, -0.25) is 0 Å². The molecule has 0 aliphatic carbocycles. The Morgan fingerprint density at radius 3 is 2.72 bits per heavy atom. The molecule has 0 saturated carbocycles. The Balaban J connectivity index is 1.40. The minimum atomic E-state index is 0.583. The predicted octanol–water partition coefficient (Wildman–Crippen LogP) is 2.67. The minimum absolute atomic E-state index is 0.583. The second-order valence-corrected chi connectivity index (χ2v) is 6.59. The van der Waals surface area contributed by atoms with E-state index in [1.807, 2.05) is 37.4 Å². The molecule has 130 valence electrons. The largest absolute Gasteiger partial charge is 0.489 e. The maximum atomic E-state index is 5.87. The Kier molecular flexibility index (Phi) is 6.42. The molecule has 0 aliphatic rings. The summed E-state index contributed by atoms with van der Waals surface area (Å²) in [6.45, 7) is 2.27. The summed E-state index contributed by atoms with van der Waals surface area (Å²) in [7, 11) is 1.84. The number of nitrogens with one attached hydrogen (secondary N) is 1. The Labute approximate surface area is 151 Å². The van der Waals surface area contributed by atoms with Crippen LogP contribution in [-0.2, 0) is 20.2 Å². The van der Waals surface area contributed by atoms with Gasteiger partial charge in [-0.1, -0.05) is 54.2 Å². The van der Waals surface area contributed by atoms with Gasteiger partial charge in [0.15, 0.2) is 0 Å². The SMILES string of the molecule is Cn1nnnc1SCCNCc1cccc(OCc2ccccc2)c1. The summed E-state index contributed by atoms with van der Waals surface area (Å²) in [5, 5.41) is 15.6. The predicted molar refractivity (Wildman–Crippen MR) is 98.4 cm³/mol. The first kappa shape index (κ1) is 17.4. The quantitative estimate of drug-likeness (QED) is 0.470. The third-order valence-corrected chi connectivity index (χ3v) is 4.58. The highest BCUT2D eigenvalue weighted by atomic mass is 32.2. The molecule has 0 radical (unpaired) electrons. The van der Waals surface area contributed by atoms with Crippen molar-refractivity contribution in [3.63, 3.8) is 0 Å². The van der Waals surface area contributed by atoms with Crippen molar-refractivity contribution >= 4 is 11.8 Å². The fraction of sp³-hybridized carbons (Fsp3) is 0.278. The molecule has 25 heavy (non-hydrogen) atoms. The van der Waals surface area contributed by atoms with Crippen molar-refractivity contribution < 1.29 is 4.74 Å². The fourth-order valence-corrected chi connectivity index (χ4v) is 3.02. The number of hydrogen-bond acceptors (Lipinski definition) is 6. The molecule has 2 aromatic carbocycles. The van der Waals surface area contributed by atoms with Crippen molar-refractivity contribution in [3.8, 4) is 5.75 Å². The van der Waals surface area contributed by atoms with E-state index in [9.17, 15) is 0 Å². The zero-order chi connectivity index (χ0) is 17.3. The molecule has 0 spiro atoms. The molecule has 3 aromatic rings. The molecule has 1 N–H and O–H groups in total. The van der Waals surface area contributed by atoms with Crippen molar-refractivity contribution in [3.05, 3.63) is 65.7 Å². The van der Waals surface area contributed by atoms with Gasteiger partial charge in [0.05, 0.1) is 0 Å². The van der Waals surface area contributed by atoms with Crippen LogP contribution in [0.4, 0.5) is 0 Å². The van der Waals surface area contributed by atoms with Crippen molar-refractivity contribution in [2.24, 2.45) is 7.05 Å². The van der Waals surface area contributed by atoms with E-state index in [0.29, 0.717) is 6.61 Å². The molecule has 1 aromatic heterocycles. The lowest BCUT2D eigenvalue weighted by atomic mass is 10.2. The molecular formula is C18H21N5OS. The standard InChI is InChI=1S/C18H21N5OS/c1-23-18(20-21-22-23)25-11-10-19-13-16-8-5-9-17(12-16)24-14-15-6-3-2-4-7-15/h2-9,12,19H,10-11,13-14H2,1H3. The van der Waals surface area contributed by atoms with Crippen LogP contribution >= 0.6 is 11.8 Å². The van der Waals surface area contributed by atoms with Crippen LogP contribution in [0.15, 0.2) is 59.8 Å². The summed E-state index contributed by atoms with van der Waals surface area (Å²) < 4.78 is 7.54. The van der Waals surface area contributed by atoms with E-state index in [4.69, 9.17) is 4.74 Å². The molecular weight excluding hydrogens is 334 g/mol. The molecule has 0 aliphatic heterocycles. The molecule has 0 unspecified atom stereocenters. The summed E-state index contributed by atoms with van der Waals surface area (Å²) in [6, 6.07) is 18.4. The number of hydrogen-bond donors (Lipinski definition) is 1. The van der Waals surface area contributed by atoms with Crippen LogP contribution in [0.2, 0.25) is 0 Å². The lowest BCUT2D eigenvalue weighted by Crippen LogP contribution is -2.16. The van der Waals surface area contributed by atoms with E-state index in [2.05, 4.69) is 45.1 Å². The maximum Gasteiger partial charge on any atom is 0.209 e. The number of benzene rings is 2. The average Bonchev–Trinajstić information content (AvgIpc) is 3.06. The van der Waals surface area contributed by atoms with E-state index in [-0.39, 0.29) is 0 Å². The van der Waals surface area contributed by atoms with Crippen LogP contribution < -0.4 is 10.1 Å². The minimum Gasteiger partial charge on any atom is -0.489 e. The van der Waals surface area contributed by atoms with Gasteiger partial charge in [0.25, 0.3) is 0 Å². The first-order chi connectivity index (χ1) is 12.3. The lowest BCUT2D eigenvalue weighted by molar-refractivity contribution is 0.306. The van der Waals surface area contributed by atoms with Gasteiger partial charge in [-0.15, -0.1) is 5.10 Å². The van der Waals surface area contributed by atoms with Crippen molar-refractivity contribution in [2.45, 2.75) is 18.3 Å². The molecule has 1 heterocycles. The van der Waals surface area contributed by atoms with E-state index in [1.165, 1.54) is 11.1 Å². The van der Waals surface area contributed by atoms with Gasteiger partial charge in [-0.2, -0.15) is 0 Å². The monoisotopic (exact) mass is 355 g/mol. The Hall–Kier alpha value is -2.38. The van der Waals surface area contributed by atoms with Crippen LogP contribution in [-0.4, -0.2) is 32.5 Å². The van der Waals surface area contributed by atoms with Gasteiger partial charge in [-0.25, -0.2) is 4.68 Å². The molecule has 7 heteroatoms. The molecule has 0 saturated heterocycles. The Morgan fingerprint density at radius 1 is 1.08 bits per heavy atom. The number of aryl methyl sites for hydroxylation is 1. The zero-order valence-corrected chi connectivity index (χ0v) is 14.9. The molecule has 0 amide bonds. The lowest BCUT2D eigenvalue weighted by Gasteiger charge is -2.09. The second-order valence-electron chi connectivity index (χ2n) is 5.53. The van der Waals surface area contributed by atoms with E-state index >= 15 is 0 Å². The normalized spacial score (nSPS) is 10.8. The van der Waals surface area contributed by atoms with Crippen LogP contribution in [0.25, 0.3) is 0 Å². The third kappa shape index (κ3) is 5.58. The topological polar surface area (TPSA) is 64.9 Å². The average molecular weight is 355 g/mol. The summed E-state index contributed by atoms with van der Waals surface area (Å²) in [5.41, 5.74) is 2.37. The summed E-state index contributed by atoms with van der Waals surface area (Å²) in [6.07, 6.45) is 0. The van der Waals surface area contributed by atoms with Crippen LogP contribution in [0.1, 0.15) is 11.1 Å². The number of rotatable bonds is 9. The fourth-order valence-electron chi connectivity index (χ4n) is 2.28. The molecule has 0 bridgehead atoms. The van der Waals surface area contributed by atoms with Crippen LogP contribution in [0.3, 0.4) is 0 Å². The van der Waals surface area contributed by atoms with Crippen molar-refractivity contribution in [1.82, 2.24) is 25.5 Å². The second kappa shape index (κ2) is 9.19. The first-order valence-corrected chi connectivity index (χ1v) is 9.11. The maximum absolute atomic E-state index is 5.87. The number of ether oxygens (including phenoxy) is 1. The van der Waals surface area contributed by atoms with Gasteiger partial charge >= 0.3 is 0 Å². The Bertz CT molecular complexity index is 778. The van der Waals surface area contributed by atoms with Gasteiger partial charge in [0.2, 0.25) is 5.16 Å². The van der Waals surface area contributed by atoms with E-state index in [1.54, 1.807) is 16.4 Å². The molecule has 0 atom stereocenters. The summed E-state index contributed by atoms with van der Waals surface area (Å²) >= 11 is 1.64. The van der Waals surface area contributed by atoms with Crippen LogP contribution in [0.5, 0.6) is 5.75 Å². The molecule has 3 rings (SSSR count). The summed E-state index contributed by atoms with van der Waals surface area (Å²) in [5.74, 6) is 1.81. The molecule has 6 nitrogen and oxygen atoms in total. The first-order valence-electron chi connectivity index (χ1n) is 8.13. The number of aromatic nitrogens is 4. The van der Waals surface area contributed by atoms with Crippen molar-refractivity contribution in [1.29, 1.82) is 0 Å². The smallest absolute Gasteiger partial charge is 0.209 e. The number of nitrogens with zero attached hydrogens (tertiary/aromatic N) is 4. The molecule has 0 fully saturated rings. The van der Waals surface area contributed by atoms with E-state index < -0.39 is 0 Å². The third-order valence-electron chi connectivity index (χ3n) is 3.57. The van der Waals surface area contributed by atoms with Gasteiger partial charge in [-0.05, 0) is 33.7 Å². The van der Waals surface area contributed by atoms with Gasteiger partial charge in [0.1, 0.15) is 12.4 Å². The number of thioether (sulfide) groups is 1. The van der Waals surface area contributed by atoms with Gasteiger partial charge < -0.3 is 10.1 Å². The summed E-state index contributed by atoms with van der Waals surface area (Å²) in [4.78, 5) is 0. The Morgan fingerprint density at radius 2 is 1.92 bits per heavy atom. The van der Waals surface area contributed by atoms with Crippen molar-refractivity contribution in [2.75, 3.05) is 12.3 Å². The number of tetrazole rings is 1. The highest BCUT2D eigenvalue weighted by Gasteiger charge is 2.02. The highest BCUT2D eigenvalue weighted by Crippen LogP contribution is 2.15.